The number of carbonyl (C=O) groups is 1. The van der Waals surface area contributed by atoms with Gasteiger partial charge in [-0.2, -0.15) is 0 Å². The minimum Gasteiger partial charge on any atom is -0.375 e. The maximum atomic E-state index is 14.1. The third kappa shape index (κ3) is 2.39. The van der Waals surface area contributed by atoms with E-state index in [2.05, 4.69) is 4.98 Å². The van der Waals surface area contributed by atoms with E-state index < -0.39 is 5.82 Å². The summed E-state index contributed by atoms with van der Waals surface area (Å²) in [5, 5.41) is 2.21. The number of nitrogens with two attached hydrogens (primary N) is 1. The molecule has 0 aliphatic carbocycles. The summed E-state index contributed by atoms with van der Waals surface area (Å²) >= 11 is 1.21. The molecule has 3 aromatic rings. The summed E-state index contributed by atoms with van der Waals surface area (Å²) in [6, 6.07) is 4.27. The van der Waals surface area contributed by atoms with Crippen LogP contribution in [0.2, 0.25) is 0 Å². The number of nitrogens with zero attached hydrogens (tertiary/aromatic N) is 2. The molecular weight excluding hydrogens is 305 g/mol. The van der Waals surface area contributed by atoms with Crippen LogP contribution in [0.1, 0.15) is 6.92 Å². The number of benzene rings is 1. The van der Waals surface area contributed by atoms with E-state index in [0.717, 1.165) is 0 Å². The summed E-state index contributed by atoms with van der Waals surface area (Å²) in [6.07, 6.45) is 1.46. The fourth-order valence-corrected chi connectivity index (χ4v) is 2.94. The lowest BCUT2D eigenvalue weighted by atomic mass is 10.1. The molecule has 0 radical (unpaired) electrons. The van der Waals surface area contributed by atoms with Gasteiger partial charge in [-0.15, -0.1) is 11.3 Å². The fraction of sp³-hybridized carbons (Fsp3) is 0.133. The van der Waals surface area contributed by atoms with Crippen LogP contribution >= 0.6 is 11.3 Å². The molecule has 5 nitrogen and oxygen atoms in total. The molecule has 1 aromatic carbocycles. The van der Waals surface area contributed by atoms with Crippen LogP contribution in [0.4, 0.5) is 9.52 Å². The summed E-state index contributed by atoms with van der Waals surface area (Å²) in [7, 11) is 0. The molecule has 2 N–H and O–H groups in total. The smallest absolute Gasteiger partial charge is 0.198 e. The van der Waals surface area contributed by atoms with E-state index in [-0.39, 0.29) is 28.7 Å². The van der Waals surface area contributed by atoms with E-state index in [1.165, 1.54) is 47.2 Å². The second-order valence-corrected chi connectivity index (χ2v) is 5.80. The first-order chi connectivity index (χ1) is 10.5. The van der Waals surface area contributed by atoms with Crippen LogP contribution in [-0.2, 0) is 11.3 Å². The number of aromatic nitrogens is 2. The minimum absolute atomic E-state index is 0.0235. The lowest BCUT2D eigenvalue weighted by Crippen LogP contribution is -2.16. The van der Waals surface area contributed by atoms with Gasteiger partial charge in [-0.25, -0.2) is 9.37 Å². The number of rotatable bonds is 3. The van der Waals surface area contributed by atoms with Gasteiger partial charge in [0, 0.05) is 17.0 Å². The van der Waals surface area contributed by atoms with E-state index in [0.29, 0.717) is 16.4 Å². The van der Waals surface area contributed by atoms with Crippen LogP contribution in [0.3, 0.4) is 0 Å². The van der Waals surface area contributed by atoms with Crippen molar-refractivity contribution in [3.8, 4) is 11.3 Å². The van der Waals surface area contributed by atoms with Crippen LogP contribution in [0.15, 0.2) is 34.6 Å². The number of hydrogen-bond donors (Lipinski definition) is 1. The molecule has 0 amide bonds. The fourth-order valence-electron chi connectivity index (χ4n) is 2.37. The van der Waals surface area contributed by atoms with Crippen molar-refractivity contribution in [2.75, 3.05) is 5.73 Å². The third-order valence-electron chi connectivity index (χ3n) is 3.24. The summed E-state index contributed by atoms with van der Waals surface area (Å²) < 4.78 is 15.6. The summed E-state index contributed by atoms with van der Waals surface area (Å²) in [4.78, 5) is 28.1. The Bertz CT molecular complexity index is 946. The topological polar surface area (TPSA) is 78.0 Å². The van der Waals surface area contributed by atoms with Crippen molar-refractivity contribution >= 4 is 33.2 Å². The van der Waals surface area contributed by atoms with Crippen molar-refractivity contribution in [1.29, 1.82) is 0 Å². The Morgan fingerprint density at radius 1 is 1.45 bits per heavy atom. The Morgan fingerprint density at radius 3 is 2.86 bits per heavy atom. The highest BCUT2D eigenvalue weighted by Gasteiger charge is 2.16. The number of halogens is 1. The Morgan fingerprint density at radius 2 is 2.23 bits per heavy atom. The van der Waals surface area contributed by atoms with Gasteiger partial charge >= 0.3 is 0 Å². The zero-order valence-corrected chi connectivity index (χ0v) is 12.5. The normalized spacial score (nSPS) is 11.0. The van der Waals surface area contributed by atoms with Crippen molar-refractivity contribution in [2.24, 2.45) is 0 Å². The third-order valence-corrected chi connectivity index (χ3v) is 3.91. The molecular formula is C15H12FN3O2S. The average Bonchev–Trinajstić information content (AvgIpc) is 2.88. The number of carbonyl (C=O) groups excluding carboxylic acids is 1. The van der Waals surface area contributed by atoms with E-state index in [1.807, 2.05) is 0 Å². The van der Waals surface area contributed by atoms with Gasteiger partial charge in [-0.3, -0.25) is 9.59 Å². The van der Waals surface area contributed by atoms with Crippen molar-refractivity contribution < 1.29 is 9.18 Å². The van der Waals surface area contributed by atoms with Crippen LogP contribution in [0.25, 0.3) is 22.2 Å². The molecule has 0 fully saturated rings. The molecule has 0 aliphatic heterocycles. The molecule has 112 valence electrons. The Kier molecular flexibility index (Phi) is 3.50. The number of anilines is 1. The highest BCUT2D eigenvalue weighted by molar-refractivity contribution is 7.13. The summed E-state index contributed by atoms with van der Waals surface area (Å²) in [5.41, 5.74) is 6.12. The Balaban J connectivity index is 2.38. The SMILES string of the molecule is CC(=O)Cn1cc(-c2csc(N)n2)c(=O)c2cccc(F)c21. The van der Waals surface area contributed by atoms with Crippen LogP contribution in [0, 0.1) is 5.82 Å². The molecule has 0 bridgehead atoms. The lowest BCUT2D eigenvalue weighted by Gasteiger charge is -2.12. The lowest BCUT2D eigenvalue weighted by molar-refractivity contribution is -0.117. The predicted octanol–water partition coefficient (Wildman–Crippen LogP) is 2.44. The van der Waals surface area contributed by atoms with E-state index in [9.17, 15) is 14.0 Å². The maximum Gasteiger partial charge on any atom is 0.198 e. The van der Waals surface area contributed by atoms with Crippen LogP contribution in [0.5, 0.6) is 0 Å². The predicted molar refractivity (Wildman–Crippen MR) is 84.4 cm³/mol. The Labute approximate surface area is 128 Å². The molecule has 0 aliphatic rings. The number of Topliss-reactive ketones (excluding diaryl/α,β-unsaturated/α-hetero) is 1. The van der Waals surface area contributed by atoms with Crippen molar-refractivity contribution in [3.05, 3.63) is 45.8 Å². The first-order valence-electron chi connectivity index (χ1n) is 6.50. The molecule has 7 heteroatoms. The molecule has 3 rings (SSSR count). The minimum atomic E-state index is -0.541. The van der Waals surface area contributed by atoms with E-state index >= 15 is 0 Å². The first kappa shape index (κ1) is 14.4. The van der Waals surface area contributed by atoms with Gasteiger partial charge in [-0.1, -0.05) is 6.07 Å². The highest BCUT2D eigenvalue weighted by Crippen LogP contribution is 2.24. The number of fused-ring (bicyclic) bond motifs is 1. The van der Waals surface area contributed by atoms with Gasteiger partial charge in [-0.05, 0) is 19.1 Å². The standard InChI is InChI=1S/C15H12FN3O2S/c1-8(20)5-19-6-10(12-7-22-15(17)18-12)14(21)9-3-2-4-11(16)13(9)19/h2-4,6-7H,5H2,1H3,(H2,17,18). The number of thiazole rings is 1. The van der Waals surface area contributed by atoms with Gasteiger partial charge < -0.3 is 10.3 Å². The van der Waals surface area contributed by atoms with Gasteiger partial charge in [0.25, 0.3) is 0 Å². The average molecular weight is 317 g/mol. The van der Waals surface area contributed by atoms with Crippen molar-refractivity contribution in [3.63, 3.8) is 0 Å². The van der Waals surface area contributed by atoms with Crippen molar-refractivity contribution in [2.45, 2.75) is 13.5 Å². The molecule has 0 atom stereocenters. The molecule has 2 heterocycles. The zero-order chi connectivity index (χ0) is 15.9. The zero-order valence-electron chi connectivity index (χ0n) is 11.7. The molecule has 0 spiro atoms. The molecule has 22 heavy (non-hydrogen) atoms. The van der Waals surface area contributed by atoms with Gasteiger partial charge in [0.15, 0.2) is 10.6 Å². The second-order valence-electron chi connectivity index (χ2n) is 4.91. The largest absolute Gasteiger partial charge is 0.375 e. The molecule has 0 saturated heterocycles. The number of para-hydroxylation sites is 1. The van der Waals surface area contributed by atoms with Crippen LogP contribution < -0.4 is 11.2 Å². The molecule has 0 saturated carbocycles. The van der Waals surface area contributed by atoms with Gasteiger partial charge in [0.05, 0.1) is 23.3 Å². The van der Waals surface area contributed by atoms with Gasteiger partial charge in [0.2, 0.25) is 0 Å². The van der Waals surface area contributed by atoms with Gasteiger partial charge in [0.1, 0.15) is 11.6 Å². The molecule has 2 aromatic heterocycles. The number of pyridine rings is 1. The maximum absolute atomic E-state index is 14.1. The number of hydrogen-bond acceptors (Lipinski definition) is 5. The van der Waals surface area contributed by atoms with Crippen LogP contribution in [-0.4, -0.2) is 15.3 Å². The quantitative estimate of drug-likeness (QED) is 0.805. The van der Waals surface area contributed by atoms with Crippen molar-refractivity contribution in [1.82, 2.24) is 9.55 Å². The monoisotopic (exact) mass is 317 g/mol. The molecule has 0 unspecified atom stereocenters. The van der Waals surface area contributed by atoms with E-state index in [4.69, 9.17) is 5.73 Å². The highest BCUT2D eigenvalue weighted by atomic mass is 32.1. The number of nitrogen functional groups attached to an aromatic ring is 1. The summed E-state index contributed by atoms with van der Waals surface area (Å²) in [6.45, 7) is 1.38. The first-order valence-corrected chi connectivity index (χ1v) is 7.38. The van der Waals surface area contributed by atoms with E-state index in [1.54, 1.807) is 5.38 Å². The summed E-state index contributed by atoms with van der Waals surface area (Å²) in [5.74, 6) is -0.683. The number of ketones is 1. The second kappa shape index (κ2) is 5.34. The Hall–Kier alpha value is -2.54.